The van der Waals surface area contributed by atoms with Crippen molar-refractivity contribution in [2.75, 3.05) is 6.61 Å². The van der Waals surface area contributed by atoms with Gasteiger partial charge >= 0.3 is 11.9 Å². The summed E-state index contributed by atoms with van der Waals surface area (Å²) < 4.78 is 9.71. The molecule has 1 rings (SSSR count). The van der Waals surface area contributed by atoms with Crippen LogP contribution in [0.3, 0.4) is 0 Å². The Bertz CT molecular complexity index is 433. The third-order valence-electron chi connectivity index (χ3n) is 1.74. The Morgan fingerprint density at radius 3 is 2.82 bits per heavy atom. The maximum atomic E-state index is 11.2. The van der Waals surface area contributed by atoms with Crippen molar-refractivity contribution in [3.05, 3.63) is 34.1 Å². The first-order chi connectivity index (χ1) is 7.99. The average Bonchev–Trinajstić information content (AvgIpc) is 2.72. The van der Waals surface area contributed by atoms with Crippen molar-refractivity contribution in [1.82, 2.24) is 0 Å². The second-order valence-corrected chi connectivity index (χ2v) is 3.79. The molecule has 17 heavy (non-hydrogen) atoms. The molecular weight excluding hydrogens is 226 g/mol. The second-order valence-electron chi connectivity index (χ2n) is 3.79. The lowest BCUT2D eigenvalue weighted by Crippen LogP contribution is -2.06. The van der Waals surface area contributed by atoms with E-state index >= 15 is 0 Å². The van der Waals surface area contributed by atoms with Crippen LogP contribution >= 0.6 is 0 Å². The normalized spacial score (nSPS) is 11.0. The summed E-state index contributed by atoms with van der Waals surface area (Å²) in [6, 6.07) is 2.63. The van der Waals surface area contributed by atoms with E-state index in [2.05, 4.69) is 0 Å². The molecule has 0 atom stereocenters. The van der Waals surface area contributed by atoms with Gasteiger partial charge in [-0.1, -0.05) is 13.8 Å². The van der Waals surface area contributed by atoms with Gasteiger partial charge in [-0.2, -0.15) is 0 Å². The number of esters is 1. The highest BCUT2D eigenvalue weighted by molar-refractivity contribution is 5.86. The molecule has 1 aromatic rings. The van der Waals surface area contributed by atoms with Gasteiger partial charge in [0.15, 0.2) is 0 Å². The van der Waals surface area contributed by atoms with Crippen molar-refractivity contribution >= 4 is 17.9 Å². The van der Waals surface area contributed by atoms with Crippen LogP contribution in [-0.4, -0.2) is 17.5 Å². The first-order valence-corrected chi connectivity index (χ1v) is 5.08. The van der Waals surface area contributed by atoms with E-state index in [0.717, 1.165) is 0 Å². The van der Waals surface area contributed by atoms with Gasteiger partial charge in [0.2, 0.25) is 0 Å². The summed E-state index contributed by atoms with van der Waals surface area (Å²) in [4.78, 5) is 20.9. The number of hydrogen-bond acceptors (Lipinski definition) is 5. The summed E-state index contributed by atoms with van der Waals surface area (Å²) in [5.74, 6) is -0.367. The van der Waals surface area contributed by atoms with E-state index in [4.69, 9.17) is 9.15 Å². The van der Waals surface area contributed by atoms with Gasteiger partial charge in [0.1, 0.15) is 10.7 Å². The molecular formula is C11H13NO5. The van der Waals surface area contributed by atoms with Crippen LogP contribution in [-0.2, 0) is 9.53 Å². The molecule has 0 unspecified atom stereocenters. The Kier molecular flexibility index (Phi) is 4.45. The standard InChI is InChI=1S/C11H13NO5/c1-8(2)7-16-11(13)6-4-9-3-5-10(17-9)12(14)15/h3-6,8H,7H2,1-2H3. The zero-order chi connectivity index (χ0) is 12.8. The molecule has 0 saturated carbocycles. The van der Waals surface area contributed by atoms with Gasteiger partial charge in [0.25, 0.3) is 0 Å². The maximum Gasteiger partial charge on any atom is 0.433 e. The van der Waals surface area contributed by atoms with E-state index in [0.29, 0.717) is 6.61 Å². The number of hydrogen-bond donors (Lipinski definition) is 0. The lowest BCUT2D eigenvalue weighted by molar-refractivity contribution is -0.402. The van der Waals surface area contributed by atoms with Crippen molar-refractivity contribution in [1.29, 1.82) is 0 Å². The van der Waals surface area contributed by atoms with Gasteiger partial charge in [0.05, 0.1) is 12.7 Å². The fourth-order valence-electron chi connectivity index (χ4n) is 0.977. The molecule has 1 aromatic heterocycles. The minimum atomic E-state index is -0.644. The summed E-state index contributed by atoms with van der Waals surface area (Å²) in [6.45, 7) is 4.18. The Balaban J connectivity index is 2.52. The first kappa shape index (κ1) is 13.0. The third kappa shape index (κ3) is 4.50. The van der Waals surface area contributed by atoms with E-state index in [1.165, 1.54) is 24.3 Å². The molecule has 92 valence electrons. The highest BCUT2D eigenvalue weighted by Gasteiger charge is 2.10. The van der Waals surface area contributed by atoms with Gasteiger partial charge < -0.3 is 9.15 Å². The van der Waals surface area contributed by atoms with Crippen molar-refractivity contribution in [3.63, 3.8) is 0 Å². The van der Waals surface area contributed by atoms with E-state index in [-0.39, 0.29) is 17.6 Å². The minimum absolute atomic E-state index is 0.234. The van der Waals surface area contributed by atoms with Crippen LogP contribution in [0.25, 0.3) is 6.08 Å². The Morgan fingerprint density at radius 2 is 2.29 bits per heavy atom. The van der Waals surface area contributed by atoms with Crippen molar-refractivity contribution in [3.8, 4) is 0 Å². The molecule has 0 aliphatic carbocycles. The summed E-state index contributed by atoms with van der Waals surface area (Å²) in [6.07, 6.45) is 2.50. The number of carbonyl (C=O) groups is 1. The number of nitro groups is 1. The van der Waals surface area contributed by atoms with E-state index in [9.17, 15) is 14.9 Å². The third-order valence-corrected chi connectivity index (χ3v) is 1.74. The molecule has 6 nitrogen and oxygen atoms in total. The molecule has 0 spiro atoms. The molecule has 0 saturated heterocycles. The van der Waals surface area contributed by atoms with Crippen molar-refractivity contribution in [2.24, 2.45) is 5.92 Å². The zero-order valence-corrected chi connectivity index (χ0v) is 9.58. The summed E-state index contributed by atoms with van der Waals surface area (Å²) in [5, 5.41) is 10.3. The SMILES string of the molecule is CC(C)COC(=O)C=Cc1ccc([N+](=O)[O-])o1. The van der Waals surface area contributed by atoms with Crippen LogP contribution in [0.4, 0.5) is 5.88 Å². The average molecular weight is 239 g/mol. The quantitative estimate of drug-likeness (QED) is 0.341. The van der Waals surface area contributed by atoms with Crippen molar-refractivity contribution < 1.29 is 18.9 Å². The molecule has 0 fully saturated rings. The first-order valence-electron chi connectivity index (χ1n) is 5.08. The monoisotopic (exact) mass is 239 g/mol. The number of ether oxygens (including phenoxy) is 1. The molecule has 6 heteroatoms. The number of nitrogens with zero attached hydrogens (tertiary/aromatic N) is 1. The highest BCUT2D eigenvalue weighted by atomic mass is 16.6. The molecule has 0 aromatic carbocycles. The molecule has 0 bridgehead atoms. The van der Waals surface area contributed by atoms with Crippen LogP contribution < -0.4 is 0 Å². The number of furan rings is 1. The number of rotatable bonds is 5. The van der Waals surface area contributed by atoms with Crippen LogP contribution in [0, 0.1) is 16.0 Å². The molecule has 1 heterocycles. The van der Waals surface area contributed by atoms with Gasteiger partial charge in [-0.3, -0.25) is 10.1 Å². The fraction of sp³-hybridized carbons (Fsp3) is 0.364. The highest BCUT2D eigenvalue weighted by Crippen LogP contribution is 2.16. The number of carbonyl (C=O) groups excluding carboxylic acids is 1. The summed E-state index contributed by atoms with van der Waals surface area (Å²) in [7, 11) is 0. The van der Waals surface area contributed by atoms with Crippen LogP contribution in [0.5, 0.6) is 0 Å². The Hall–Kier alpha value is -2.11. The van der Waals surface area contributed by atoms with Crippen LogP contribution in [0.1, 0.15) is 19.6 Å². The van der Waals surface area contributed by atoms with Crippen LogP contribution in [0.15, 0.2) is 22.6 Å². The fourth-order valence-corrected chi connectivity index (χ4v) is 0.977. The summed E-state index contributed by atoms with van der Waals surface area (Å²) in [5.41, 5.74) is 0. The van der Waals surface area contributed by atoms with Gasteiger partial charge in [0, 0.05) is 6.08 Å². The molecule has 0 amide bonds. The predicted octanol–water partition coefficient (Wildman–Crippen LogP) is 2.40. The van der Waals surface area contributed by atoms with Gasteiger partial charge in [-0.25, -0.2) is 4.79 Å². The molecule has 0 aliphatic heterocycles. The van der Waals surface area contributed by atoms with E-state index < -0.39 is 10.9 Å². The molecule has 0 aliphatic rings. The maximum absolute atomic E-state index is 11.2. The minimum Gasteiger partial charge on any atom is -0.462 e. The van der Waals surface area contributed by atoms with E-state index in [1.807, 2.05) is 13.8 Å². The lowest BCUT2D eigenvalue weighted by Gasteiger charge is -2.03. The smallest absolute Gasteiger partial charge is 0.433 e. The zero-order valence-electron chi connectivity index (χ0n) is 9.58. The van der Waals surface area contributed by atoms with E-state index in [1.54, 1.807) is 0 Å². The Morgan fingerprint density at radius 1 is 1.59 bits per heavy atom. The molecule has 0 radical (unpaired) electrons. The summed E-state index contributed by atoms with van der Waals surface area (Å²) >= 11 is 0. The van der Waals surface area contributed by atoms with Gasteiger partial charge in [-0.15, -0.1) is 0 Å². The predicted molar refractivity (Wildman–Crippen MR) is 60.2 cm³/mol. The Labute approximate surface area is 98.0 Å². The topological polar surface area (TPSA) is 82.6 Å². The largest absolute Gasteiger partial charge is 0.462 e. The lowest BCUT2D eigenvalue weighted by atomic mass is 10.2. The van der Waals surface area contributed by atoms with Crippen LogP contribution in [0.2, 0.25) is 0 Å². The van der Waals surface area contributed by atoms with Crippen molar-refractivity contribution in [2.45, 2.75) is 13.8 Å². The van der Waals surface area contributed by atoms with Gasteiger partial charge in [-0.05, 0) is 18.1 Å². The second kappa shape index (κ2) is 5.83. The molecule has 0 N–H and O–H groups in total.